The molecule has 3 N–H and O–H groups in total. The molecule has 0 radical (unpaired) electrons. The van der Waals surface area contributed by atoms with Gasteiger partial charge in [-0.25, -0.2) is 4.39 Å². The Hall–Kier alpha value is -0.270. The quantitative estimate of drug-likeness (QED) is 0.604. The first kappa shape index (κ1) is 14.1. The molecular formula is C12H11Br2FN2S. The number of hydrogen-bond acceptors (Lipinski definition) is 3. The predicted molar refractivity (Wildman–Crippen MR) is 79.9 cm³/mol. The van der Waals surface area contributed by atoms with E-state index in [0.29, 0.717) is 6.42 Å². The summed E-state index contributed by atoms with van der Waals surface area (Å²) in [5, 5.41) is 0. The minimum Gasteiger partial charge on any atom is -0.271 e. The maximum atomic E-state index is 13.3. The molecule has 0 saturated heterocycles. The Balaban J connectivity index is 2.20. The van der Waals surface area contributed by atoms with Crippen molar-refractivity contribution in [1.82, 2.24) is 5.43 Å². The van der Waals surface area contributed by atoms with Crippen LogP contribution in [0.15, 0.2) is 38.6 Å². The van der Waals surface area contributed by atoms with E-state index in [1.165, 1.54) is 12.1 Å². The zero-order valence-corrected chi connectivity index (χ0v) is 13.3. The normalized spacial score (nSPS) is 12.7. The maximum absolute atomic E-state index is 13.3. The van der Waals surface area contributed by atoms with Gasteiger partial charge in [0.2, 0.25) is 0 Å². The van der Waals surface area contributed by atoms with Crippen molar-refractivity contribution in [2.45, 2.75) is 12.5 Å². The van der Waals surface area contributed by atoms with Crippen molar-refractivity contribution in [3.63, 3.8) is 0 Å². The monoisotopic (exact) mass is 392 g/mol. The molecule has 1 unspecified atom stereocenters. The first-order valence-corrected chi connectivity index (χ1v) is 7.65. The Morgan fingerprint density at radius 1 is 1.28 bits per heavy atom. The standard InChI is InChI=1S/C12H11Br2FN2S/c13-8-3-7(4-9(15)6-8)5-10(17-16)11-1-2-12(14)18-11/h1-4,6,10,17H,5,16H2. The van der Waals surface area contributed by atoms with E-state index in [-0.39, 0.29) is 11.9 Å². The van der Waals surface area contributed by atoms with Crippen molar-refractivity contribution in [2.75, 3.05) is 0 Å². The summed E-state index contributed by atoms with van der Waals surface area (Å²) in [4.78, 5) is 1.12. The van der Waals surface area contributed by atoms with Crippen LogP contribution in [-0.2, 0) is 6.42 Å². The Kier molecular flexibility index (Phi) is 4.91. The van der Waals surface area contributed by atoms with Gasteiger partial charge in [0.1, 0.15) is 5.82 Å². The number of rotatable bonds is 4. The summed E-state index contributed by atoms with van der Waals surface area (Å²) in [6.45, 7) is 0. The zero-order valence-electron chi connectivity index (χ0n) is 9.29. The minimum absolute atomic E-state index is 0.0185. The van der Waals surface area contributed by atoms with Crippen molar-refractivity contribution in [3.05, 3.63) is 54.8 Å². The lowest BCUT2D eigenvalue weighted by molar-refractivity contribution is 0.556. The van der Waals surface area contributed by atoms with Crippen LogP contribution in [0, 0.1) is 5.82 Å². The lowest BCUT2D eigenvalue weighted by Gasteiger charge is -2.14. The topological polar surface area (TPSA) is 38.0 Å². The molecule has 1 heterocycles. The van der Waals surface area contributed by atoms with Crippen molar-refractivity contribution in [1.29, 1.82) is 0 Å². The smallest absolute Gasteiger partial charge is 0.124 e. The van der Waals surface area contributed by atoms with Crippen LogP contribution in [0.5, 0.6) is 0 Å². The van der Waals surface area contributed by atoms with Gasteiger partial charge < -0.3 is 0 Å². The first-order valence-electron chi connectivity index (χ1n) is 5.25. The van der Waals surface area contributed by atoms with Gasteiger partial charge in [-0.2, -0.15) is 0 Å². The first-order chi connectivity index (χ1) is 8.58. The molecule has 0 fully saturated rings. The van der Waals surface area contributed by atoms with Crippen LogP contribution in [0.3, 0.4) is 0 Å². The van der Waals surface area contributed by atoms with Crippen LogP contribution in [0.4, 0.5) is 4.39 Å². The third kappa shape index (κ3) is 3.61. The van der Waals surface area contributed by atoms with E-state index in [1.807, 2.05) is 18.2 Å². The number of thiophene rings is 1. The summed E-state index contributed by atoms with van der Waals surface area (Å²) in [5.74, 6) is 5.33. The number of hydrogen-bond donors (Lipinski definition) is 2. The van der Waals surface area contributed by atoms with Gasteiger partial charge in [-0.3, -0.25) is 11.3 Å². The van der Waals surface area contributed by atoms with E-state index in [2.05, 4.69) is 37.3 Å². The van der Waals surface area contributed by atoms with Crippen LogP contribution in [0.1, 0.15) is 16.5 Å². The van der Waals surface area contributed by atoms with Crippen LogP contribution in [0.2, 0.25) is 0 Å². The molecule has 1 atom stereocenters. The molecule has 1 aromatic carbocycles. The summed E-state index contributed by atoms with van der Waals surface area (Å²) >= 11 is 8.33. The fourth-order valence-corrected chi connectivity index (χ4v) is 3.72. The molecule has 0 aliphatic rings. The fraction of sp³-hybridized carbons (Fsp3) is 0.167. The number of nitrogens with two attached hydrogens (primary N) is 1. The van der Waals surface area contributed by atoms with Gasteiger partial charge in [0.05, 0.1) is 9.83 Å². The van der Waals surface area contributed by atoms with Gasteiger partial charge >= 0.3 is 0 Å². The largest absolute Gasteiger partial charge is 0.271 e. The SMILES string of the molecule is NNC(Cc1cc(F)cc(Br)c1)c1ccc(Br)s1. The number of halogens is 3. The molecule has 0 amide bonds. The van der Waals surface area contributed by atoms with Crippen molar-refractivity contribution >= 4 is 43.2 Å². The lowest BCUT2D eigenvalue weighted by Crippen LogP contribution is -2.28. The van der Waals surface area contributed by atoms with E-state index < -0.39 is 0 Å². The zero-order chi connectivity index (χ0) is 13.1. The fourth-order valence-electron chi connectivity index (χ4n) is 1.72. The second kappa shape index (κ2) is 6.25. The summed E-state index contributed by atoms with van der Waals surface area (Å²) in [5.41, 5.74) is 3.67. The lowest BCUT2D eigenvalue weighted by atomic mass is 10.1. The molecule has 0 aliphatic carbocycles. The second-order valence-electron chi connectivity index (χ2n) is 3.84. The van der Waals surface area contributed by atoms with E-state index in [1.54, 1.807) is 11.3 Å². The minimum atomic E-state index is -0.248. The molecule has 1 aromatic heterocycles. The number of nitrogens with one attached hydrogen (secondary N) is 1. The molecule has 0 spiro atoms. The summed E-state index contributed by atoms with van der Waals surface area (Å²) in [6, 6.07) is 8.83. The van der Waals surface area contributed by atoms with Gasteiger partial charge in [-0.1, -0.05) is 15.9 Å². The van der Waals surface area contributed by atoms with E-state index in [4.69, 9.17) is 5.84 Å². The summed E-state index contributed by atoms with van der Waals surface area (Å²) in [7, 11) is 0. The highest BCUT2D eigenvalue weighted by atomic mass is 79.9. The third-order valence-electron chi connectivity index (χ3n) is 2.50. The van der Waals surface area contributed by atoms with Gasteiger partial charge in [0.15, 0.2) is 0 Å². The summed E-state index contributed by atoms with van der Waals surface area (Å²) in [6.07, 6.45) is 0.639. The Bertz CT molecular complexity index is 524. The van der Waals surface area contributed by atoms with E-state index in [0.717, 1.165) is 18.7 Å². The van der Waals surface area contributed by atoms with E-state index in [9.17, 15) is 4.39 Å². The molecule has 96 valence electrons. The second-order valence-corrected chi connectivity index (χ2v) is 7.25. The molecule has 6 heteroatoms. The molecule has 0 bridgehead atoms. The third-order valence-corrected chi connectivity index (χ3v) is 4.70. The highest BCUT2D eigenvalue weighted by molar-refractivity contribution is 9.11. The average molecular weight is 394 g/mol. The van der Waals surface area contributed by atoms with Crippen LogP contribution >= 0.6 is 43.2 Å². The van der Waals surface area contributed by atoms with Gasteiger partial charge in [0, 0.05) is 9.35 Å². The molecule has 2 nitrogen and oxygen atoms in total. The van der Waals surface area contributed by atoms with Gasteiger partial charge in [-0.05, 0) is 58.2 Å². The maximum Gasteiger partial charge on any atom is 0.124 e. The molecule has 2 rings (SSSR count). The van der Waals surface area contributed by atoms with Gasteiger partial charge in [-0.15, -0.1) is 11.3 Å². The molecule has 0 aliphatic heterocycles. The Morgan fingerprint density at radius 2 is 2.06 bits per heavy atom. The Labute approximate surface area is 126 Å². The highest BCUT2D eigenvalue weighted by Crippen LogP contribution is 2.29. The molecule has 18 heavy (non-hydrogen) atoms. The molecule has 2 aromatic rings. The van der Waals surface area contributed by atoms with Crippen molar-refractivity contribution in [3.8, 4) is 0 Å². The highest BCUT2D eigenvalue weighted by Gasteiger charge is 2.13. The predicted octanol–water partition coefficient (Wildman–Crippen LogP) is 4.16. The van der Waals surface area contributed by atoms with E-state index >= 15 is 0 Å². The van der Waals surface area contributed by atoms with Crippen molar-refractivity contribution in [2.24, 2.45) is 5.84 Å². The van der Waals surface area contributed by atoms with Gasteiger partial charge in [0.25, 0.3) is 0 Å². The van der Waals surface area contributed by atoms with Crippen LogP contribution in [0.25, 0.3) is 0 Å². The average Bonchev–Trinajstić information content (AvgIpc) is 2.71. The Morgan fingerprint density at radius 3 is 2.61 bits per heavy atom. The molecular weight excluding hydrogens is 383 g/mol. The molecule has 0 saturated carbocycles. The summed E-state index contributed by atoms with van der Waals surface area (Å²) < 4.78 is 15.1. The number of hydrazine groups is 1. The number of benzene rings is 1. The van der Waals surface area contributed by atoms with Crippen LogP contribution in [-0.4, -0.2) is 0 Å². The van der Waals surface area contributed by atoms with Crippen molar-refractivity contribution < 1.29 is 4.39 Å². The van der Waals surface area contributed by atoms with Crippen LogP contribution < -0.4 is 11.3 Å².